The summed E-state index contributed by atoms with van der Waals surface area (Å²) in [7, 11) is 0. The zero-order valence-corrected chi connectivity index (χ0v) is 23.2. The molecule has 1 aromatic rings. The molecule has 12 nitrogen and oxygen atoms in total. The SMILES string of the molecule is Cc1ccc(CC(CN(CCNCC(=O)O)CC(=O)O)N(CCN(CCI)CC(=O)O)CC(=O)O)cc1. The number of nitrogens with one attached hydrogen (secondary N) is 1. The predicted octanol–water partition coefficient (Wildman–Crippen LogP) is 0.175. The zero-order chi connectivity index (χ0) is 27.8. The van der Waals surface area contributed by atoms with Gasteiger partial charge in [0, 0.05) is 49.7 Å². The summed E-state index contributed by atoms with van der Waals surface area (Å²) in [6.45, 7) is 2.85. The van der Waals surface area contributed by atoms with E-state index >= 15 is 0 Å². The van der Waals surface area contributed by atoms with Gasteiger partial charge in [-0.3, -0.25) is 33.9 Å². The van der Waals surface area contributed by atoms with Gasteiger partial charge in [0.25, 0.3) is 0 Å². The number of benzene rings is 1. The second-order valence-corrected chi connectivity index (χ2v) is 9.84. The molecule has 0 bridgehead atoms. The summed E-state index contributed by atoms with van der Waals surface area (Å²) in [5.74, 6) is -4.08. The fourth-order valence-corrected chi connectivity index (χ4v) is 4.56. The summed E-state index contributed by atoms with van der Waals surface area (Å²) in [4.78, 5) is 50.5. The predicted molar refractivity (Wildman–Crippen MR) is 145 cm³/mol. The van der Waals surface area contributed by atoms with Gasteiger partial charge in [-0.25, -0.2) is 0 Å². The van der Waals surface area contributed by atoms with Gasteiger partial charge in [-0.15, -0.1) is 0 Å². The molecular formula is C24H37IN4O8. The van der Waals surface area contributed by atoms with E-state index in [1.807, 2.05) is 31.2 Å². The summed E-state index contributed by atoms with van der Waals surface area (Å²) >= 11 is 2.16. The Balaban J connectivity index is 3.16. The first kappa shape index (κ1) is 32.7. The van der Waals surface area contributed by atoms with Crippen molar-refractivity contribution < 1.29 is 39.6 Å². The van der Waals surface area contributed by atoms with Crippen molar-refractivity contribution in [1.29, 1.82) is 0 Å². The van der Waals surface area contributed by atoms with Crippen LogP contribution in [-0.2, 0) is 25.6 Å². The van der Waals surface area contributed by atoms with E-state index in [-0.39, 0.29) is 58.4 Å². The molecule has 1 aromatic carbocycles. The van der Waals surface area contributed by atoms with Crippen molar-refractivity contribution in [2.75, 3.05) is 69.9 Å². The van der Waals surface area contributed by atoms with Crippen molar-refractivity contribution in [3.05, 3.63) is 35.4 Å². The Hall–Kier alpha value is -2.33. The minimum Gasteiger partial charge on any atom is -0.480 e. The standard InChI is InChI=1S/C24H37IN4O8/c1-18-2-4-19(5-3-18)12-20(14-28(16-23(34)35)9-7-26-13-21(30)31)29(17-24(36)37)11-10-27(8-6-25)15-22(32)33/h2-5,20,26H,6-17H2,1H3,(H,30,31)(H,32,33)(H,34,35)(H,36,37). The van der Waals surface area contributed by atoms with E-state index in [4.69, 9.17) is 5.11 Å². The van der Waals surface area contributed by atoms with Gasteiger partial charge < -0.3 is 25.7 Å². The number of hydrogen-bond acceptors (Lipinski definition) is 8. The van der Waals surface area contributed by atoms with Crippen LogP contribution in [0.3, 0.4) is 0 Å². The maximum Gasteiger partial charge on any atom is 0.317 e. The molecule has 0 aliphatic heterocycles. The monoisotopic (exact) mass is 636 g/mol. The van der Waals surface area contributed by atoms with Crippen molar-refractivity contribution in [1.82, 2.24) is 20.0 Å². The first-order valence-corrected chi connectivity index (χ1v) is 13.4. The van der Waals surface area contributed by atoms with Gasteiger partial charge in [0.2, 0.25) is 0 Å². The molecule has 13 heteroatoms. The lowest BCUT2D eigenvalue weighted by molar-refractivity contribution is -0.141. The average molecular weight is 636 g/mol. The molecule has 0 saturated heterocycles. The number of halogens is 1. The molecule has 0 radical (unpaired) electrons. The topological polar surface area (TPSA) is 171 Å². The number of aryl methyl sites for hydroxylation is 1. The van der Waals surface area contributed by atoms with Crippen molar-refractivity contribution in [3.63, 3.8) is 0 Å². The molecule has 0 saturated carbocycles. The van der Waals surface area contributed by atoms with Gasteiger partial charge in [-0.05, 0) is 18.9 Å². The molecule has 0 amide bonds. The Kier molecular flexibility index (Phi) is 15.9. The van der Waals surface area contributed by atoms with E-state index in [1.165, 1.54) is 0 Å². The molecule has 0 fully saturated rings. The van der Waals surface area contributed by atoms with Crippen LogP contribution in [0.2, 0.25) is 0 Å². The molecule has 1 atom stereocenters. The number of hydrogen-bond donors (Lipinski definition) is 5. The van der Waals surface area contributed by atoms with Crippen LogP contribution >= 0.6 is 22.6 Å². The van der Waals surface area contributed by atoms with E-state index in [0.29, 0.717) is 23.9 Å². The molecule has 0 spiro atoms. The quantitative estimate of drug-likeness (QED) is 0.0706. The zero-order valence-electron chi connectivity index (χ0n) is 21.0. The first-order valence-electron chi connectivity index (χ1n) is 11.9. The number of nitrogens with zero attached hydrogens (tertiary/aromatic N) is 3. The highest BCUT2D eigenvalue weighted by Gasteiger charge is 2.26. The minimum absolute atomic E-state index is 0.160. The summed E-state index contributed by atoms with van der Waals surface area (Å²) < 4.78 is 0.715. The molecule has 5 N–H and O–H groups in total. The van der Waals surface area contributed by atoms with E-state index < -0.39 is 23.9 Å². The lowest BCUT2D eigenvalue weighted by atomic mass is 10.0. The summed E-state index contributed by atoms with van der Waals surface area (Å²) in [6.07, 6.45) is 0.456. The number of alkyl halides is 1. The lowest BCUT2D eigenvalue weighted by Gasteiger charge is -2.35. The highest BCUT2D eigenvalue weighted by Crippen LogP contribution is 2.13. The van der Waals surface area contributed by atoms with Crippen molar-refractivity contribution in [2.45, 2.75) is 19.4 Å². The third-order valence-corrected chi connectivity index (χ3v) is 6.10. The van der Waals surface area contributed by atoms with E-state index in [0.717, 1.165) is 11.1 Å². The smallest absolute Gasteiger partial charge is 0.317 e. The highest BCUT2D eigenvalue weighted by molar-refractivity contribution is 14.1. The fraction of sp³-hybridized carbons (Fsp3) is 0.583. The van der Waals surface area contributed by atoms with Crippen molar-refractivity contribution >= 4 is 46.5 Å². The van der Waals surface area contributed by atoms with Crippen LogP contribution in [0.5, 0.6) is 0 Å². The van der Waals surface area contributed by atoms with Gasteiger partial charge in [0.1, 0.15) is 0 Å². The van der Waals surface area contributed by atoms with Crippen LogP contribution in [0.4, 0.5) is 0 Å². The number of aliphatic carboxylic acids is 4. The fourth-order valence-electron chi connectivity index (χ4n) is 3.88. The van der Waals surface area contributed by atoms with Crippen molar-refractivity contribution in [2.24, 2.45) is 0 Å². The van der Waals surface area contributed by atoms with Crippen molar-refractivity contribution in [3.8, 4) is 0 Å². The molecule has 0 aliphatic carbocycles. The molecular weight excluding hydrogens is 599 g/mol. The Bertz CT molecular complexity index is 871. The van der Waals surface area contributed by atoms with Gasteiger partial charge in [-0.2, -0.15) is 0 Å². The Labute approximate surface area is 230 Å². The summed E-state index contributed by atoms with van der Waals surface area (Å²) in [5.41, 5.74) is 2.03. The third kappa shape index (κ3) is 15.5. The number of carboxylic acids is 4. The number of carboxylic acid groups (broad SMARTS) is 4. The van der Waals surface area contributed by atoms with Gasteiger partial charge >= 0.3 is 23.9 Å². The Morgan fingerprint density at radius 2 is 1.41 bits per heavy atom. The normalized spacial score (nSPS) is 12.2. The summed E-state index contributed by atoms with van der Waals surface area (Å²) in [5, 5.41) is 39.9. The van der Waals surface area contributed by atoms with Crippen LogP contribution in [0.15, 0.2) is 24.3 Å². The molecule has 1 rings (SSSR count). The second-order valence-electron chi connectivity index (χ2n) is 8.77. The van der Waals surface area contributed by atoms with E-state index in [2.05, 4.69) is 27.9 Å². The van der Waals surface area contributed by atoms with Crippen LogP contribution in [0.1, 0.15) is 11.1 Å². The molecule has 1 unspecified atom stereocenters. The first-order chi connectivity index (χ1) is 17.5. The van der Waals surface area contributed by atoms with Gasteiger partial charge in [0.05, 0.1) is 26.2 Å². The number of carbonyl (C=O) groups is 4. The Morgan fingerprint density at radius 3 is 1.95 bits per heavy atom. The maximum absolute atomic E-state index is 11.8. The van der Waals surface area contributed by atoms with Crippen LogP contribution in [0.25, 0.3) is 0 Å². The summed E-state index contributed by atoms with van der Waals surface area (Å²) in [6, 6.07) is 7.42. The Morgan fingerprint density at radius 1 is 0.811 bits per heavy atom. The van der Waals surface area contributed by atoms with E-state index in [1.54, 1.807) is 14.7 Å². The molecule has 208 valence electrons. The van der Waals surface area contributed by atoms with Gasteiger partial charge in [0.15, 0.2) is 0 Å². The molecule has 0 aliphatic rings. The van der Waals surface area contributed by atoms with Crippen LogP contribution < -0.4 is 5.32 Å². The third-order valence-electron chi connectivity index (χ3n) is 5.62. The molecule has 0 heterocycles. The maximum atomic E-state index is 11.8. The second kappa shape index (κ2) is 18.0. The van der Waals surface area contributed by atoms with E-state index in [9.17, 15) is 34.5 Å². The highest BCUT2D eigenvalue weighted by atomic mass is 127. The van der Waals surface area contributed by atoms with Crippen LogP contribution in [-0.4, -0.2) is 135 Å². The van der Waals surface area contributed by atoms with Crippen LogP contribution in [0, 0.1) is 6.92 Å². The average Bonchev–Trinajstić information content (AvgIpc) is 2.79. The van der Waals surface area contributed by atoms with Gasteiger partial charge in [-0.1, -0.05) is 52.4 Å². The minimum atomic E-state index is -1.05. The number of rotatable bonds is 21. The molecule has 37 heavy (non-hydrogen) atoms. The lowest BCUT2D eigenvalue weighted by Crippen LogP contribution is -2.51. The molecule has 0 aromatic heterocycles. The largest absolute Gasteiger partial charge is 0.480 e.